The number of nitriles is 1. The highest BCUT2D eigenvalue weighted by molar-refractivity contribution is 6.34. The van der Waals surface area contributed by atoms with Crippen molar-refractivity contribution < 1.29 is 4.79 Å². The zero-order valence-electron chi connectivity index (χ0n) is 10.8. The van der Waals surface area contributed by atoms with Gasteiger partial charge in [-0.2, -0.15) is 5.26 Å². The van der Waals surface area contributed by atoms with Crippen LogP contribution in [0.1, 0.15) is 21.5 Å². The fourth-order valence-electron chi connectivity index (χ4n) is 1.76. The number of nitrogen functional groups attached to an aromatic ring is 1. The minimum absolute atomic E-state index is 0.313. The Bertz CT molecular complexity index is 720. The van der Waals surface area contributed by atoms with Crippen LogP contribution in [-0.2, 0) is 0 Å². The molecule has 1 amide bonds. The molecule has 0 atom stereocenters. The van der Waals surface area contributed by atoms with Gasteiger partial charge in [0.25, 0.3) is 5.91 Å². The third kappa shape index (κ3) is 2.90. The average Bonchev–Trinajstić information content (AvgIpc) is 2.43. The van der Waals surface area contributed by atoms with E-state index in [4.69, 9.17) is 22.6 Å². The number of hydrogen-bond acceptors (Lipinski definition) is 3. The number of carbonyl (C=O) groups excluding carboxylic acids is 1. The van der Waals surface area contributed by atoms with Gasteiger partial charge in [0.15, 0.2) is 0 Å². The Kier molecular flexibility index (Phi) is 3.92. The third-order valence-corrected chi connectivity index (χ3v) is 3.18. The molecule has 0 heterocycles. The second kappa shape index (κ2) is 5.64. The molecule has 2 rings (SSSR count). The summed E-state index contributed by atoms with van der Waals surface area (Å²) in [5, 5.41) is 11.9. The van der Waals surface area contributed by atoms with Crippen molar-refractivity contribution in [3.63, 3.8) is 0 Å². The zero-order chi connectivity index (χ0) is 14.7. The normalized spacial score (nSPS) is 9.85. The van der Waals surface area contributed by atoms with Crippen LogP contribution in [0, 0.1) is 18.3 Å². The van der Waals surface area contributed by atoms with Crippen LogP contribution in [0.25, 0.3) is 0 Å². The van der Waals surface area contributed by atoms with E-state index in [2.05, 4.69) is 5.32 Å². The fourth-order valence-corrected chi connectivity index (χ4v) is 1.93. The first kappa shape index (κ1) is 13.9. The van der Waals surface area contributed by atoms with E-state index in [-0.39, 0.29) is 5.91 Å². The summed E-state index contributed by atoms with van der Waals surface area (Å²) in [6.45, 7) is 1.82. The maximum atomic E-state index is 12.2. The molecule has 0 bridgehead atoms. The molecule has 0 saturated heterocycles. The van der Waals surface area contributed by atoms with E-state index in [1.54, 1.807) is 30.3 Å². The summed E-state index contributed by atoms with van der Waals surface area (Å²) in [6, 6.07) is 11.8. The minimum atomic E-state index is -0.313. The molecule has 100 valence electrons. The molecule has 0 aromatic heterocycles. The van der Waals surface area contributed by atoms with Gasteiger partial charge < -0.3 is 11.1 Å². The van der Waals surface area contributed by atoms with Crippen LogP contribution in [-0.4, -0.2) is 5.91 Å². The zero-order valence-corrected chi connectivity index (χ0v) is 11.5. The first-order valence-electron chi connectivity index (χ1n) is 5.88. The van der Waals surface area contributed by atoms with Crippen molar-refractivity contribution in [2.24, 2.45) is 0 Å². The van der Waals surface area contributed by atoms with E-state index < -0.39 is 0 Å². The lowest BCUT2D eigenvalue weighted by Gasteiger charge is -2.10. The van der Waals surface area contributed by atoms with Crippen LogP contribution in [0.4, 0.5) is 11.4 Å². The number of rotatable bonds is 2. The van der Waals surface area contributed by atoms with Crippen LogP contribution in [0.15, 0.2) is 36.4 Å². The van der Waals surface area contributed by atoms with E-state index in [0.717, 1.165) is 5.56 Å². The molecule has 0 saturated carbocycles. The minimum Gasteiger partial charge on any atom is -0.399 e. The number of amides is 1. The molecule has 0 aliphatic heterocycles. The number of halogens is 1. The van der Waals surface area contributed by atoms with E-state index in [1.165, 1.54) is 6.07 Å². The standard InChI is InChI=1S/C15H12ClN3O/c1-9-2-4-11(18)7-12(9)15(20)19-14-6-10(8-17)3-5-13(14)16/h2-7H,18H2,1H3,(H,19,20). The summed E-state index contributed by atoms with van der Waals surface area (Å²) in [5.74, 6) is -0.313. The summed E-state index contributed by atoms with van der Waals surface area (Å²) in [6.07, 6.45) is 0. The second-order valence-corrected chi connectivity index (χ2v) is 4.74. The van der Waals surface area contributed by atoms with Crippen LogP contribution < -0.4 is 11.1 Å². The van der Waals surface area contributed by atoms with Gasteiger partial charge in [-0.3, -0.25) is 4.79 Å². The number of aryl methyl sites for hydroxylation is 1. The van der Waals surface area contributed by atoms with Crippen molar-refractivity contribution in [3.8, 4) is 6.07 Å². The maximum absolute atomic E-state index is 12.2. The Morgan fingerprint density at radius 3 is 2.75 bits per heavy atom. The summed E-state index contributed by atoms with van der Waals surface area (Å²) in [4.78, 5) is 12.2. The van der Waals surface area contributed by atoms with Crippen LogP contribution >= 0.6 is 11.6 Å². The molecule has 0 radical (unpaired) electrons. The van der Waals surface area contributed by atoms with E-state index >= 15 is 0 Å². The average molecular weight is 286 g/mol. The summed E-state index contributed by atoms with van der Waals surface area (Å²) in [5.41, 5.74) is 8.31. The Morgan fingerprint density at radius 1 is 1.30 bits per heavy atom. The summed E-state index contributed by atoms with van der Waals surface area (Å²) >= 11 is 6.01. The van der Waals surface area contributed by atoms with Crippen molar-refractivity contribution in [1.82, 2.24) is 0 Å². The lowest BCUT2D eigenvalue weighted by Crippen LogP contribution is -2.14. The molecule has 2 aromatic rings. The van der Waals surface area contributed by atoms with Gasteiger partial charge in [-0.15, -0.1) is 0 Å². The molecule has 3 N–H and O–H groups in total. The molecule has 0 fully saturated rings. The lowest BCUT2D eigenvalue weighted by atomic mass is 10.1. The number of anilines is 2. The first-order valence-corrected chi connectivity index (χ1v) is 6.26. The SMILES string of the molecule is Cc1ccc(N)cc1C(=O)Nc1cc(C#N)ccc1Cl. The molecule has 0 aliphatic rings. The molecule has 5 heteroatoms. The number of nitrogens with one attached hydrogen (secondary N) is 1. The van der Waals surface area contributed by atoms with Crippen molar-refractivity contribution in [2.45, 2.75) is 6.92 Å². The molecule has 20 heavy (non-hydrogen) atoms. The van der Waals surface area contributed by atoms with E-state index in [0.29, 0.717) is 27.5 Å². The van der Waals surface area contributed by atoms with Crippen molar-refractivity contribution in [1.29, 1.82) is 5.26 Å². The molecular formula is C15H12ClN3O. The maximum Gasteiger partial charge on any atom is 0.256 e. The van der Waals surface area contributed by atoms with E-state index in [9.17, 15) is 4.79 Å². The topological polar surface area (TPSA) is 78.9 Å². The monoisotopic (exact) mass is 285 g/mol. The highest BCUT2D eigenvalue weighted by atomic mass is 35.5. The van der Waals surface area contributed by atoms with Gasteiger partial charge in [-0.1, -0.05) is 17.7 Å². The predicted octanol–water partition coefficient (Wildman–Crippen LogP) is 3.35. The molecule has 0 spiro atoms. The summed E-state index contributed by atoms with van der Waals surface area (Å²) in [7, 11) is 0. The highest BCUT2D eigenvalue weighted by Crippen LogP contribution is 2.24. The number of benzene rings is 2. The largest absolute Gasteiger partial charge is 0.399 e. The number of nitrogens with two attached hydrogens (primary N) is 1. The highest BCUT2D eigenvalue weighted by Gasteiger charge is 2.12. The van der Waals surface area contributed by atoms with Crippen molar-refractivity contribution in [2.75, 3.05) is 11.1 Å². The van der Waals surface area contributed by atoms with Gasteiger partial charge in [0.05, 0.1) is 22.3 Å². The number of nitrogens with zero attached hydrogens (tertiary/aromatic N) is 1. The number of hydrogen-bond donors (Lipinski definition) is 2. The van der Waals surface area contributed by atoms with Gasteiger partial charge in [0, 0.05) is 11.3 Å². The predicted molar refractivity (Wildman–Crippen MR) is 79.7 cm³/mol. The van der Waals surface area contributed by atoms with Crippen molar-refractivity contribution >= 4 is 28.9 Å². The van der Waals surface area contributed by atoms with Crippen LogP contribution in [0.2, 0.25) is 5.02 Å². The van der Waals surface area contributed by atoms with Gasteiger partial charge in [0.1, 0.15) is 0 Å². The van der Waals surface area contributed by atoms with Crippen LogP contribution in [0.5, 0.6) is 0 Å². The van der Waals surface area contributed by atoms with Gasteiger partial charge in [-0.05, 0) is 42.8 Å². The Labute approximate surface area is 121 Å². The Hall–Kier alpha value is -2.51. The van der Waals surface area contributed by atoms with Crippen molar-refractivity contribution in [3.05, 3.63) is 58.1 Å². The summed E-state index contributed by atoms with van der Waals surface area (Å²) < 4.78 is 0. The van der Waals surface area contributed by atoms with Gasteiger partial charge in [-0.25, -0.2) is 0 Å². The van der Waals surface area contributed by atoms with Crippen LogP contribution in [0.3, 0.4) is 0 Å². The second-order valence-electron chi connectivity index (χ2n) is 4.33. The first-order chi connectivity index (χ1) is 9.51. The third-order valence-electron chi connectivity index (χ3n) is 2.85. The Morgan fingerprint density at radius 2 is 2.05 bits per heavy atom. The number of carbonyl (C=O) groups is 1. The molecule has 0 aliphatic carbocycles. The Balaban J connectivity index is 2.33. The molecule has 2 aromatic carbocycles. The van der Waals surface area contributed by atoms with E-state index in [1.807, 2.05) is 13.0 Å². The van der Waals surface area contributed by atoms with Gasteiger partial charge >= 0.3 is 0 Å². The molecule has 4 nitrogen and oxygen atoms in total. The lowest BCUT2D eigenvalue weighted by molar-refractivity contribution is 0.102. The quantitative estimate of drug-likeness (QED) is 0.831. The molecular weight excluding hydrogens is 274 g/mol. The molecule has 0 unspecified atom stereocenters. The smallest absolute Gasteiger partial charge is 0.256 e. The fraction of sp³-hybridized carbons (Fsp3) is 0.0667. The van der Waals surface area contributed by atoms with Gasteiger partial charge in [0.2, 0.25) is 0 Å².